The molecule has 2 unspecified atom stereocenters. The van der Waals surface area contributed by atoms with Gasteiger partial charge in [0.05, 0.1) is 11.8 Å². The molecule has 0 spiro atoms. The van der Waals surface area contributed by atoms with Gasteiger partial charge in [-0.05, 0) is 49.4 Å². The summed E-state index contributed by atoms with van der Waals surface area (Å²) < 4.78 is 0. The van der Waals surface area contributed by atoms with Crippen LogP contribution in [0.15, 0.2) is 59.6 Å². The minimum atomic E-state index is -0.0506. The van der Waals surface area contributed by atoms with Gasteiger partial charge in [-0.3, -0.25) is 4.99 Å². The number of likely N-dealkylation sites (tertiary alicyclic amines) is 1. The molecule has 1 fully saturated rings. The second-order valence-corrected chi connectivity index (χ2v) is 8.21. The van der Waals surface area contributed by atoms with Crippen LogP contribution in [0.4, 0.5) is 10.5 Å². The SMILES string of the molecule is CCc1ccc(C2CC(C(C)=Nc3ccccc3)CN(C(=O)NCCCC#N)C2)cc1. The van der Waals surface area contributed by atoms with Crippen LogP contribution >= 0.6 is 0 Å². The Labute approximate surface area is 185 Å². The number of rotatable bonds is 7. The summed E-state index contributed by atoms with van der Waals surface area (Å²) in [5, 5.41) is 11.7. The maximum atomic E-state index is 12.9. The van der Waals surface area contributed by atoms with Gasteiger partial charge in [0.25, 0.3) is 0 Å². The van der Waals surface area contributed by atoms with Gasteiger partial charge in [0, 0.05) is 43.6 Å². The lowest BCUT2D eigenvalue weighted by Gasteiger charge is -2.38. The third kappa shape index (κ3) is 6.42. The molecule has 31 heavy (non-hydrogen) atoms. The minimum Gasteiger partial charge on any atom is -0.338 e. The normalized spacial score (nSPS) is 19.0. The Morgan fingerprint density at radius 2 is 1.90 bits per heavy atom. The zero-order chi connectivity index (χ0) is 22.1. The number of hydrogen-bond acceptors (Lipinski definition) is 3. The molecule has 0 bridgehead atoms. The Kier molecular flexibility index (Phi) is 8.23. The molecular formula is C26H32N4O. The van der Waals surface area contributed by atoms with Crippen LogP contribution in [0, 0.1) is 17.2 Å². The summed E-state index contributed by atoms with van der Waals surface area (Å²) in [6.07, 6.45) is 3.13. The van der Waals surface area contributed by atoms with Crippen molar-refractivity contribution in [3.8, 4) is 6.07 Å². The molecule has 2 aromatic carbocycles. The molecule has 2 atom stereocenters. The third-order valence-corrected chi connectivity index (χ3v) is 5.99. The van der Waals surface area contributed by atoms with Gasteiger partial charge >= 0.3 is 6.03 Å². The highest BCUT2D eigenvalue weighted by Crippen LogP contribution is 2.32. The molecule has 162 valence electrons. The van der Waals surface area contributed by atoms with Gasteiger partial charge in [0.15, 0.2) is 0 Å². The van der Waals surface area contributed by atoms with Crippen molar-refractivity contribution in [3.05, 3.63) is 65.7 Å². The summed E-state index contributed by atoms with van der Waals surface area (Å²) in [6, 6.07) is 20.9. The van der Waals surface area contributed by atoms with E-state index in [2.05, 4.69) is 49.5 Å². The standard InChI is InChI=1S/C26H32N4O/c1-3-21-11-13-22(14-12-21)24-17-23(20(2)29-25-9-5-4-6-10-25)18-30(19-24)26(31)28-16-8-7-15-27/h4-6,9-14,23-24H,3,7-8,16-19H2,1-2H3,(H,28,31). The van der Waals surface area contributed by atoms with Crippen molar-refractivity contribution in [1.82, 2.24) is 10.2 Å². The lowest BCUT2D eigenvalue weighted by atomic mass is 9.82. The molecule has 1 saturated heterocycles. The van der Waals surface area contributed by atoms with Crippen molar-refractivity contribution < 1.29 is 4.79 Å². The second-order valence-electron chi connectivity index (χ2n) is 8.21. The Morgan fingerprint density at radius 3 is 2.58 bits per heavy atom. The highest BCUT2D eigenvalue weighted by molar-refractivity contribution is 5.88. The average Bonchev–Trinajstić information content (AvgIpc) is 2.82. The van der Waals surface area contributed by atoms with E-state index < -0.39 is 0 Å². The number of carbonyl (C=O) groups excluding carboxylic acids is 1. The van der Waals surface area contributed by atoms with Gasteiger partial charge in [-0.1, -0.05) is 49.4 Å². The molecule has 3 rings (SSSR count). The fourth-order valence-corrected chi connectivity index (χ4v) is 4.11. The van der Waals surface area contributed by atoms with Gasteiger partial charge in [0.2, 0.25) is 0 Å². The molecule has 0 aromatic heterocycles. The maximum absolute atomic E-state index is 12.9. The van der Waals surface area contributed by atoms with E-state index in [0.29, 0.717) is 32.5 Å². The summed E-state index contributed by atoms with van der Waals surface area (Å²) in [6.45, 7) is 6.12. The lowest BCUT2D eigenvalue weighted by Crippen LogP contribution is -2.49. The first-order chi connectivity index (χ1) is 15.1. The van der Waals surface area contributed by atoms with E-state index in [9.17, 15) is 4.79 Å². The first-order valence-corrected chi connectivity index (χ1v) is 11.2. The number of nitriles is 1. The molecule has 0 saturated carbocycles. The fourth-order valence-electron chi connectivity index (χ4n) is 4.11. The monoisotopic (exact) mass is 416 g/mol. The topological polar surface area (TPSA) is 68.5 Å². The van der Waals surface area contributed by atoms with Crippen LogP contribution in [0.1, 0.15) is 50.2 Å². The summed E-state index contributed by atoms with van der Waals surface area (Å²) in [5.74, 6) is 0.477. The number of carbonyl (C=O) groups is 1. The van der Waals surface area contributed by atoms with Crippen LogP contribution in [0.3, 0.4) is 0 Å². The number of amides is 2. The van der Waals surface area contributed by atoms with Crippen LogP contribution in [-0.2, 0) is 6.42 Å². The van der Waals surface area contributed by atoms with Gasteiger partial charge in [-0.15, -0.1) is 0 Å². The Balaban J connectivity index is 1.78. The van der Waals surface area contributed by atoms with Gasteiger partial charge in [0.1, 0.15) is 0 Å². The Hall–Kier alpha value is -3.13. The first-order valence-electron chi connectivity index (χ1n) is 11.2. The number of benzene rings is 2. The van der Waals surface area contributed by atoms with Crippen molar-refractivity contribution in [2.75, 3.05) is 19.6 Å². The van der Waals surface area contributed by atoms with Gasteiger partial charge in [-0.25, -0.2) is 4.79 Å². The Morgan fingerprint density at radius 1 is 1.16 bits per heavy atom. The summed E-state index contributed by atoms with van der Waals surface area (Å²) in [4.78, 5) is 19.6. The molecule has 1 heterocycles. The Bertz CT molecular complexity index is 915. The van der Waals surface area contributed by atoms with Crippen molar-refractivity contribution in [1.29, 1.82) is 5.26 Å². The van der Waals surface area contributed by atoms with Gasteiger partial charge in [-0.2, -0.15) is 5.26 Å². The maximum Gasteiger partial charge on any atom is 0.317 e. The number of aliphatic imine (C=N–C) groups is 1. The number of unbranched alkanes of at least 4 members (excludes halogenated alkanes) is 1. The van der Waals surface area contributed by atoms with Crippen LogP contribution < -0.4 is 5.32 Å². The molecular weight excluding hydrogens is 384 g/mol. The average molecular weight is 417 g/mol. The predicted octanol–water partition coefficient (Wildman–Crippen LogP) is 5.46. The van der Waals surface area contributed by atoms with E-state index in [1.54, 1.807) is 0 Å². The van der Waals surface area contributed by atoms with Crippen LogP contribution in [0.2, 0.25) is 0 Å². The van der Waals surface area contributed by atoms with Crippen LogP contribution in [-0.4, -0.2) is 36.3 Å². The number of nitrogens with zero attached hydrogens (tertiary/aromatic N) is 3. The highest BCUT2D eigenvalue weighted by Gasteiger charge is 2.32. The zero-order valence-corrected chi connectivity index (χ0v) is 18.6. The van der Waals surface area contributed by atoms with E-state index in [1.165, 1.54) is 11.1 Å². The number of aryl methyl sites for hydroxylation is 1. The van der Waals surface area contributed by atoms with E-state index >= 15 is 0 Å². The number of para-hydroxylation sites is 1. The number of nitrogens with one attached hydrogen (secondary N) is 1. The molecule has 0 radical (unpaired) electrons. The molecule has 5 nitrogen and oxygen atoms in total. The minimum absolute atomic E-state index is 0.0506. The second kappa shape index (κ2) is 11.3. The largest absolute Gasteiger partial charge is 0.338 e. The number of urea groups is 1. The molecule has 1 N–H and O–H groups in total. The zero-order valence-electron chi connectivity index (χ0n) is 18.6. The van der Waals surface area contributed by atoms with Crippen molar-refractivity contribution in [3.63, 3.8) is 0 Å². The molecule has 1 aliphatic rings. The molecule has 5 heteroatoms. The van der Waals surface area contributed by atoms with E-state index in [1.807, 2.05) is 35.2 Å². The van der Waals surface area contributed by atoms with Gasteiger partial charge < -0.3 is 10.2 Å². The molecule has 0 aliphatic carbocycles. The fraction of sp³-hybridized carbons (Fsp3) is 0.423. The number of hydrogen-bond donors (Lipinski definition) is 1. The highest BCUT2D eigenvalue weighted by atomic mass is 16.2. The van der Waals surface area contributed by atoms with Crippen molar-refractivity contribution >= 4 is 17.4 Å². The molecule has 1 aliphatic heterocycles. The van der Waals surface area contributed by atoms with Crippen molar-refractivity contribution in [2.45, 2.75) is 45.4 Å². The summed E-state index contributed by atoms with van der Waals surface area (Å²) in [5.41, 5.74) is 4.60. The predicted molar refractivity (Wildman–Crippen MR) is 126 cm³/mol. The molecule has 2 amide bonds. The van der Waals surface area contributed by atoms with E-state index in [0.717, 1.165) is 24.2 Å². The van der Waals surface area contributed by atoms with E-state index in [-0.39, 0.29) is 17.9 Å². The lowest BCUT2D eigenvalue weighted by molar-refractivity contribution is 0.169. The first kappa shape index (κ1) is 22.6. The van der Waals surface area contributed by atoms with Crippen LogP contribution in [0.5, 0.6) is 0 Å². The van der Waals surface area contributed by atoms with E-state index in [4.69, 9.17) is 10.3 Å². The summed E-state index contributed by atoms with van der Waals surface area (Å²) in [7, 11) is 0. The smallest absolute Gasteiger partial charge is 0.317 e. The molecule has 2 aromatic rings. The summed E-state index contributed by atoms with van der Waals surface area (Å²) >= 11 is 0. The number of piperidine rings is 1. The van der Waals surface area contributed by atoms with Crippen molar-refractivity contribution in [2.24, 2.45) is 10.9 Å². The quantitative estimate of drug-likeness (QED) is 0.481. The van der Waals surface area contributed by atoms with Crippen LogP contribution in [0.25, 0.3) is 0 Å². The third-order valence-electron chi connectivity index (χ3n) is 5.99.